The van der Waals surface area contributed by atoms with Gasteiger partial charge in [-0.15, -0.1) is 0 Å². The van der Waals surface area contributed by atoms with E-state index < -0.39 is 5.97 Å². The second kappa shape index (κ2) is 8.50. The third-order valence-corrected chi connectivity index (χ3v) is 4.35. The van der Waals surface area contributed by atoms with Gasteiger partial charge in [-0.3, -0.25) is 4.79 Å². The van der Waals surface area contributed by atoms with Crippen molar-refractivity contribution in [1.82, 2.24) is 10.1 Å². The first kappa shape index (κ1) is 18.7. The summed E-state index contributed by atoms with van der Waals surface area (Å²) in [5, 5.41) is 17.0. The summed E-state index contributed by atoms with van der Waals surface area (Å²) < 4.78 is 16.3. The summed E-state index contributed by atoms with van der Waals surface area (Å²) in [5.41, 5.74) is 1.86. The van der Waals surface area contributed by atoms with Crippen LogP contribution in [0.25, 0.3) is 23.0 Å². The molecule has 0 unspecified atom stereocenters. The number of aliphatic carboxylic acids is 1. The molecule has 8 heteroatoms. The smallest absolute Gasteiger partial charge is 0.308 e. The Hall–Kier alpha value is -3.13. The number of thiophene rings is 1. The van der Waals surface area contributed by atoms with Gasteiger partial charge in [-0.1, -0.05) is 17.3 Å². The molecular weight excluding hydrogens is 368 g/mol. The number of carbonyl (C=O) groups is 1. The van der Waals surface area contributed by atoms with Crippen LogP contribution in [0.2, 0.25) is 0 Å². The molecule has 2 aromatic heterocycles. The summed E-state index contributed by atoms with van der Waals surface area (Å²) in [5.74, 6) is 0.657. The highest BCUT2D eigenvalue weighted by Crippen LogP contribution is 2.34. The molecule has 0 amide bonds. The maximum atomic E-state index is 11.3. The molecule has 0 aliphatic heterocycles. The standard InChI is InChI=1S/C19H18N2O5S/c1-3-25-15-6-4-5-12(17(15)24-2)9-14(10-16(22)23)19-20-18(21-26-19)13-7-8-27-11-13/h4-9,11H,3,10H2,1-2H3,(H,22,23)/b14-9+. The molecular formula is C19H18N2O5S. The van der Waals surface area contributed by atoms with Crippen molar-refractivity contribution in [2.45, 2.75) is 13.3 Å². The van der Waals surface area contributed by atoms with E-state index >= 15 is 0 Å². The summed E-state index contributed by atoms with van der Waals surface area (Å²) >= 11 is 1.52. The number of methoxy groups -OCH3 is 1. The number of para-hydroxylation sites is 1. The van der Waals surface area contributed by atoms with Gasteiger partial charge in [-0.25, -0.2) is 0 Å². The van der Waals surface area contributed by atoms with E-state index in [0.717, 1.165) is 5.56 Å². The normalized spacial score (nSPS) is 11.4. The fraction of sp³-hybridized carbons (Fsp3) is 0.211. The third-order valence-electron chi connectivity index (χ3n) is 3.66. The molecule has 2 heterocycles. The zero-order valence-electron chi connectivity index (χ0n) is 14.8. The molecule has 0 bridgehead atoms. The molecule has 0 radical (unpaired) electrons. The van der Waals surface area contributed by atoms with Crippen molar-refractivity contribution in [3.05, 3.63) is 46.5 Å². The van der Waals surface area contributed by atoms with Crippen LogP contribution in [-0.2, 0) is 4.79 Å². The van der Waals surface area contributed by atoms with Crippen LogP contribution < -0.4 is 9.47 Å². The predicted molar refractivity (Wildman–Crippen MR) is 102 cm³/mol. The molecule has 0 saturated carbocycles. The highest BCUT2D eigenvalue weighted by molar-refractivity contribution is 7.08. The number of carboxylic acids is 1. The lowest BCUT2D eigenvalue weighted by molar-refractivity contribution is -0.135. The number of benzene rings is 1. The number of aromatic nitrogens is 2. The van der Waals surface area contributed by atoms with Gasteiger partial charge in [-0.2, -0.15) is 16.3 Å². The van der Waals surface area contributed by atoms with E-state index in [4.69, 9.17) is 14.0 Å². The van der Waals surface area contributed by atoms with Crippen molar-refractivity contribution >= 4 is 29.0 Å². The van der Waals surface area contributed by atoms with Crippen LogP contribution in [0.1, 0.15) is 24.8 Å². The van der Waals surface area contributed by atoms with E-state index in [1.165, 1.54) is 18.4 Å². The zero-order valence-corrected chi connectivity index (χ0v) is 15.7. The van der Waals surface area contributed by atoms with Gasteiger partial charge >= 0.3 is 5.97 Å². The third kappa shape index (κ3) is 4.35. The summed E-state index contributed by atoms with van der Waals surface area (Å²) in [7, 11) is 1.54. The number of hydrogen-bond donors (Lipinski definition) is 1. The molecule has 1 N–H and O–H groups in total. The van der Waals surface area contributed by atoms with Gasteiger partial charge in [0.1, 0.15) is 0 Å². The minimum atomic E-state index is -1.00. The quantitative estimate of drug-likeness (QED) is 0.619. The summed E-state index contributed by atoms with van der Waals surface area (Å²) in [4.78, 5) is 15.7. The zero-order chi connectivity index (χ0) is 19.2. The van der Waals surface area contributed by atoms with Crippen LogP contribution in [0, 0.1) is 0 Å². The lowest BCUT2D eigenvalue weighted by Crippen LogP contribution is -1.99. The Labute approximate surface area is 159 Å². The Kier molecular flexibility index (Phi) is 5.87. The molecule has 140 valence electrons. The number of rotatable bonds is 8. The molecule has 27 heavy (non-hydrogen) atoms. The van der Waals surface area contributed by atoms with Crippen molar-refractivity contribution in [3.63, 3.8) is 0 Å². The number of hydrogen-bond acceptors (Lipinski definition) is 7. The van der Waals surface area contributed by atoms with Crippen LogP contribution in [0.15, 0.2) is 39.5 Å². The number of nitrogens with zero attached hydrogens (tertiary/aromatic N) is 2. The molecule has 3 aromatic rings. The minimum Gasteiger partial charge on any atom is -0.492 e. The average Bonchev–Trinajstić information content (AvgIpc) is 3.33. The maximum Gasteiger partial charge on any atom is 0.308 e. The van der Waals surface area contributed by atoms with Crippen molar-refractivity contribution in [1.29, 1.82) is 0 Å². The Morgan fingerprint density at radius 3 is 2.89 bits per heavy atom. The van der Waals surface area contributed by atoms with Crippen LogP contribution in [0.5, 0.6) is 11.5 Å². The molecule has 1 aromatic carbocycles. The van der Waals surface area contributed by atoms with Gasteiger partial charge in [0.15, 0.2) is 11.5 Å². The average molecular weight is 386 g/mol. The van der Waals surface area contributed by atoms with Gasteiger partial charge in [0, 0.05) is 22.1 Å². The summed E-state index contributed by atoms with van der Waals surface area (Å²) in [6.07, 6.45) is 1.40. The second-order valence-corrected chi connectivity index (χ2v) is 6.27. The first-order valence-electron chi connectivity index (χ1n) is 8.21. The summed E-state index contributed by atoms with van der Waals surface area (Å²) in [6, 6.07) is 7.27. The van der Waals surface area contributed by atoms with Gasteiger partial charge in [-0.05, 0) is 30.5 Å². The van der Waals surface area contributed by atoms with Crippen LogP contribution in [-0.4, -0.2) is 34.9 Å². The Balaban J connectivity index is 2.03. The van der Waals surface area contributed by atoms with E-state index in [1.54, 1.807) is 18.2 Å². The summed E-state index contributed by atoms with van der Waals surface area (Å²) in [6.45, 7) is 2.36. The second-order valence-electron chi connectivity index (χ2n) is 5.49. The van der Waals surface area contributed by atoms with E-state index in [1.807, 2.05) is 29.8 Å². The molecule has 0 spiro atoms. The molecule has 7 nitrogen and oxygen atoms in total. The number of ether oxygens (including phenoxy) is 2. The van der Waals surface area contributed by atoms with E-state index in [-0.39, 0.29) is 12.3 Å². The number of carboxylic acid groups (broad SMARTS) is 1. The Morgan fingerprint density at radius 2 is 2.22 bits per heavy atom. The first-order valence-corrected chi connectivity index (χ1v) is 9.15. The highest BCUT2D eigenvalue weighted by atomic mass is 32.1. The van der Waals surface area contributed by atoms with Crippen LogP contribution in [0.4, 0.5) is 0 Å². The van der Waals surface area contributed by atoms with Crippen molar-refractivity contribution in [2.24, 2.45) is 0 Å². The monoisotopic (exact) mass is 386 g/mol. The molecule has 0 atom stereocenters. The van der Waals surface area contributed by atoms with Crippen LogP contribution >= 0.6 is 11.3 Å². The van der Waals surface area contributed by atoms with Gasteiger partial charge in [0.25, 0.3) is 5.89 Å². The molecule has 0 aliphatic rings. The Morgan fingerprint density at radius 1 is 1.37 bits per heavy atom. The highest BCUT2D eigenvalue weighted by Gasteiger charge is 2.18. The van der Waals surface area contributed by atoms with Gasteiger partial charge < -0.3 is 19.1 Å². The minimum absolute atomic E-state index is 0.155. The topological polar surface area (TPSA) is 94.7 Å². The van der Waals surface area contributed by atoms with Crippen molar-refractivity contribution in [2.75, 3.05) is 13.7 Å². The molecule has 0 aliphatic carbocycles. The van der Waals surface area contributed by atoms with E-state index in [0.29, 0.717) is 35.1 Å². The maximum absolute atomic E-state index is 11.3. The van der Waals surface area contributed by atoms with Gasteiger partial charge in [0.2, 0.25) is 5.82 Å². The van der Waals surface area contributed by atoms with Crippen molar-refractivity contribution < 1.29 is 23.9 Å². The van der Waals surface area contributed by atoms with E-state index in [9.17, 15) is 9.90 Å². The predicted octanol–water partition coefficient (Wildman–Crippen LogP) is 4.22. The molecule has 0 fully saturated rings. The SMILES string of the molecule is CCOc1cccc(/C=C(\CC(=O)O)c2nc(-c3ccsc3)no2)c1OC. The lowest BCUT2D eigenvalue weighted by atomic mass is 10.1. The largest absolute Gasteiger partial charge is 0.492 e. The first-order chi connectivity index (χ1) is 13.1. The Bertz CT molecular complexity index is 947. The van der Waals surface area contributed by atoms with Gasteiger partial charge in [0.05, 0.1) is 20.1 Å². The molecule has 0 saturated heterocycles. The van der Waals surface area contributed by atoms with Crippen LogP contribution in [0.3, 0.4) is 0 Å². The molecule has 3 rings (SSSR count). The fourth-order valence-corrected chi connectivity index (χ4v) is 3.17. The fourth-order valence-electron chi connectivity index (χ4n) is 2.54. The van der Waals surface area contributed by atoms with Crippen molar-refractivity contribution in [3.8, 4) is 22.9 Å². The van der Waals surface area contributed by atoms with E-state index in [2.05, 4.69) is 10.1 Å². The lowest BCUT2D eigenvalue weighted by Gasteiger charge is -2.12.